The van der Waals surface area contributed by atoms with Gasteiger partial charge in [0.2, 0.25) is 0 Å². The van der Waals surface area contributed by atoms with Gasteiger partial charge in [0, 0.05) is 34.3 Å². The zero-order valence-corrected chi connectivity index (χ0v) is 19.9. The number of fused-ring (bicyclic) bond motifs is 1. The highest BCUT2D eigenvalue weighted by Crippen LogP contribution is 2.34. The van der Waals surface area contributed by atoms with E-state index in [1.807, 2.05) is 67.6 Å². The van der Waals surface area contributed by atoms with Crippen LogP contribution in [0.5, 0.6) is 11.5 Å². The first-order chi connectivity index (χ1) is 16.6. The van der Waals surface area contributed by atoms with E-state index in [1.54, 1.807) is 13.3 Å². The zero-order valence-electron chi connectivity index (χ0n) is 19.1. The van der Waals surface area contributed by atoms with Crippen molar-refractivity contribution in [1.82, 2.24) is 9.97 Å². The number of amides is 1. The van der Waals surface area contributed by atoms with Gasteiger partial charge in [0.15, 0.2) is 5.13 Å². The van der Waals surface area contributed by atoms with Gasteiger partial charge in [0.05, 0.1) is 18.4 Å². The average Bonchev–Trinajstić information content (AvgIpc) is 3.26. The number of aromatic nitrogens is 2. The Morgan fingerprint density at radius 3 is 2.71 bits per heavy atom. The first kappa shape index (κ1) is 22.1. The maximum Gasteiger partial charge on any atom is 0.259 e. The topological polar surface area (TPSA) is 73.3 Å². The summed E-state index contributed by atoms with van der Waals surface area (Å²) < 4.78 is 11.7. The van der Waals surface area contributed by atoms with E-state index < -0.39 is 0 Å². The molecule has 0 radical (unpaired) electrons. The number of methoxy groups -OCH3 is 1. The Bertz CT molecular complexity index is 1320. The summed E-state index contributed by atoms with van der Waals surface area (Å²) in [7, 11) is 1.63. The summed E-state index contributed by atoms with van der Waals surface area (Å²) in [5.74, 6) is 1.35. The van der Waals surface area contributed by atoms with Crippen molar-refractivity contribution >= 4 is 22.4 Å². The van der Waals surface area contributed by atoms with Crippen molar-refractivity contribution in [3.63, 3.8) is 0 Å². The second kappa shape index (κ2) is 9.65. The molecule has 1 aliphatic carbocycles. The van der Waals surface area contributed by atoms with Crippen LogP contribution in [0.15, 0.2) is 66.9 Å². The van der Waals surface area contributed by atoms with Crippen LogP contribution < -0.4 is 14.8 Å². The van der Waals surface area contributed by atoms with Gasteiger partial charge in [-0.05, 0) is 44.0 Å². The monoisotopic (exact) mass is 471 g/mol. The van der Waals surface area contributed by atoms with Gasteiger partial charge in [-0.15, -0.1) is 11.3 Å². The van der Waals surface area contributed by atoms with E-state index in [2.05, 4.69) is 10.3 Å². The van der Waals surface area contributed by atoms with Crippen LogP contribution in [-0.2, 0) is 12.8 Å². The average molecular weight is 472 g/mol. The van der Waals surface area contributed by atoms with E-state index in [-0.39, 0.29) is 12.0 Å². The van der Waals surface area contributed by atoms with Gasteiger partial charge >= 0.3 is 0 Å². The van der Waals surface area contributed by atoms with E-state index in [9.17, 15) is 4.79 Å². The summed E-state index contributed by atoms with van der Waals surface area (Å²) in [5, 5.41) is 3.59. The number of hydrogen-bond acceptors (Lipinski definition) is 6. The standard InChI is InChI=1S/C27H25N3O3S/c1-17-14-21(20-10-6-7-11-24(20)32-2)22(16-28-17)26(31)30-27-29-23-13-12-19(15-25(23)34-27)33-18-8-4-3-5-9-18/h3-11,14,16,19H,12-13,15H2,1-2H3,(H,29,30,31)/t19-/m1/s1. The normalized spacial score (nSPS) is 14.8. The molecule has 2 aromatic heterocycles. The van der Waals surface area contributed by atoms with E-state index in [0.29, 0.717) is 16.4 Å². The number of benzene rings is 2. The molecule has 6 nitrogen and oxygen atoms in total. The SMILES string of the molecule is COc1ccccc1-c1cc(C)ncc1C(=O)Nc1nc2c(s1)C[C@H](Oc1ccccc1)CC2. The molecule has 7 heteroatoms. The number of ether oxygens (including phenoxy) is 2. The van der Waals surface area contributed by atoms with Crippen molar-refractivity contribution < 1.29 is 14.3 Å². The molecule has 5 rings (SSSR count). The molecule has 2 heterocycles. The lowest BCUT2D eigenvalue weighted by atomic mass is 9.99. The molecule has 2 aromatic carbocycles. The Kier molecular flexibility index (Phi) is 6.27. The van der Waals surface area contributed by atoms with Crippen LogP contribution in [-0.4, -0.2) is 29.1 Å². The van der Waals surface area contributed by atoms with Crippen LogP contribution in [0.2, 0.25) is 0 Å². The maximum absolute atomic E-state index is 13.3. The van der Waals surface area contributed by atoms with E-state index in [1.165, 1.54) is 11.3 Å². The van der Waals surface area contributed by atoms with Crippen molar-refractivity contribution in [3.05, 3.63) is 88.7 Å². The number of rotatable bonds is 6. The highest BCUT2D eigenvalue weighted by Gasteiger charge is 2.25. The second-order valence-electron chi connectivity index (χ2n) is 8.21. The lowest BCUT2D eigenvalue weighted by Gasteiger charge is -2.22. The molecule has 0 spiro atoms. The molecule has 1 atom stereocenters. The van der Waals surface area contributed by atoms with Crippen LogP contribution in [0.25, 0.3) is 11.1 Å². The molecule has 0 saturated heterocycles. The quantitative estimate of drug-likeness (QED) is 0.390. The highest BCUT2D eigenvalue weighted by atomic mass is 32.1. The van der Waals surface area contributed by atoms with E-state index >= 15 is 0 Å². The Labute approximate surface area is 202 Å². The van der Waals surface area contributed by atoms with Gasteiger partial charge < -0.3 is 9.47 Å². The van der Waals surface area contributed by atoms with Crippen LogP contribution in [0.3, 0.4) is 0 Å². The third-order valence-electron chi connectivity index (χ3n) is 5.84. The fourth-order valence-corrected chi connectivity index (χ4v) is 5.25. The number of carbonyl (C=O) groups excluding carboxylic acids is 1. The summed E-state index contributed by atoms with van der Waals surface area (Å²) >= 11 is 1.52. The maximum atomic E-state index is 13.3. The number of anilines is 1. The number of aryl methyl sites for hydroxylation is 2. The minimum absolute atomic E-state index is 0.109. The Balaban J connectivity index is 1.35. The summed E-state index contributed by atoms with van der Waals surface area (Å²) in [6.45, 7) is 1.91. The molecule has 0 saturated carbocycles. The first-order valence-electron chi connectivity index (χ1n) is 11.2. The third kappa shape index (κ3) is 4.65. The molecule has 0 unspecified atom stereocenters. The fraction of sp³-hybridized carbons (Fsp3) is 0.222. The van der Waals surface area contributed by atoms with Gasteiger partial charge in [0.1, 0.15) is 17.6 Å². The van der Waals surface area contributed by atoms with Gasteiger partial charge in [-0.1, -0.05) is 36.4 Å². The number of carbonyl (C=O) groups is 1. The molecular weight excluding hydrogens is 446 g/mol. The molecule has 34 heavy (non-hydrogen) atoms. The number of pyridine rings is 1. The van der Waals surface area contributed by atoms with Crippen molar-refractivity contribution in [2.45, 2.75) is 32.3 Å². The summed E-state index contributed by atoms with van der Waals surface area (Å²) in [5.41, 5.74) is 3.97. The minimum Gasteiger partial charge on any atom is -0.496 e. The van der Waals surface area contributed by atoms with Gasteiger partial charge in [-0.25, -0.2) is 4.98 Å². The molecule has 0 aliphatic heterocycles. The van der Waals surface area contributed by atoms with Crippen molar-refractivity contribution in [2.24, 2.45) is 0 Å². The summed E-state index contributed by atoms with van der Waals surface area (Å²) in [6, 6.07) is 19.5. The van der Waals surface area contributed by atoms with Crippen molar-refractivity contribution in [3.8, 4) is 22.6 Å². The van der Waals surface area contributed by atoms with Gasteiger partial charge in [-0.2, -0.15) is 0 Å². The fourth-order valence-electron chi connectivity index (χ4n) is 4.19. The highest BCUT2D eigenvalue weighted by molar-refractivity contribution is 7.15. The van der Waals surface area contributed by atoms with E-state index in [0.717, 1.165) is 52.4 Å². The predicted octanol–water partition coefficient (Wildman–Crippen LogP) is 5.71. The van der Waals surface area contributed by atoms with Gasteiger partial charge in [-0.3, -0.25) is 15.1 Å². The van der Waals surface area contributed by atoms with Crippen molar-refractivity contribution in [1.29, 1.82) is 0 Å². The number of nitrogens with one attached hydrogen (secondary N) is 1. The molecular formula is C27H25N3O3S. The molecule has 0 fully saturated rings. The molecule has 1 aliphatic rings. The van der Waals surface area contributed by atoms with E-state index in [4.69, 9.17) is 14.5 Å². The Morgan fingerprint density at radius 1 is 1.09 bits per heavy atom. The predicted molar refractivity (Wildman–Crippen MR) is 134 cm³/mol. The molecule has 172 valence electrons. The van der Waals surface area contributed by atoms with Crippen LogP contribution in [0.4, 0.5) is 5.13 Å². The largest absolute Gasteiger partial charge is 0.496 e. The van der Waals surface area contributed by atoms with Crippen molar-refractivity contribution in [2.75, 3.05) is 12.4 Å². The Hall–Kier alpha value is -3.71. The molecule has 0 bridgehead atoms. The first-order valence-corrected chi connectivity index (χ1v) is 12.0. The molecule has 1 N–H and O–H groups in total. The number of nitrogens with zero attached hydrogens (tertiary/aromatic N) is 2. The minimum atomic E-state index is -0.239. The van der Waals surface area contributed by atoms with Gasteiger partial charge in [0.25, 0.3) is 5.91 Å². The molecule has 4 aromatic rings. The third-order valence-corrected chi connectivity index (χ3v) is 6.88. The smallest absolute Gasteiger partial charge is 0.259 e. The summed E-state index contributed by atoms with van der Waals surface area (Å²) in [4.78, 5) is 23.5. The lowest BCUT2D eigenvalue weighted by Crippen LogP contribution is -2.24. The van der Waals surface area contributed by atoms with Crippen LogP contribution in [0, 0.1) is 6.92 Å². The number of hydrogen-bond donors (Lipinski definition) is 1. The van der Waals surface area contributed by atoms with Crippen LogP contribution >= 0.6 is 11.3 Å². The number of para-hydroxylation sites is 2. The summed E-state index contributed by atoms with van der Waals surface area (Å²) in [6.07, 6.45) is 4.24. The second-order valence-corrected chi connectivity index (χ2v) is 9.29. The van der Waals surface area contributed by atoms with Crippen LogP contribution in [0.1, 0.15) is 33.0 Å². The lowest BCUT2D eigenvalue weighted by molar-refractivity contribution is 0.102. The number of thiazole rings is 1. The zero-order chi connectivity index (χ0) is 23.5. The Morgan fingerprint density at radius 2 is 1.88 bits per heavy atom. The molecule has 1 amide bonds.